The van der Waals surface area contributed by atoms with Crippen LogP contribution in [0.2, 0.25) is 5.02 Å². The Morgan fingerprint density at radius 2 is 1.64 bits per heavy atom. The van der Waals surface area contributed by atoms with E-state index in [4.69, 9.17) is 25.8 Å². The van der Waals surface area contributed by atoms with Crippen molar-refractivity contribution in [1.29, 1.82) is 0 Å². The van der Waals surface area contributed by atoms with Crippen LogP contribution in [-0.2, 0) is 19.5 Å². The molecule has 414 valence electrons. The highest BCUT2D eigenvalue weighted by molar-refractivity contribution is 8.00. The number of thioether (sulfide) groups is 1. The average Bonchev–Trinajstić information content (AvgIpc) is 3.88. The smallest absolute Gasteiger partial charge is 0.446 e. The van der Waals surface area contributed by atoms with Crippen LogP contribution in [0.3, 0.4) is 0 Å². The number of hydrogen-bond acceptors (Lipinski definition) is 14. The summed E-state index contributed by atoms with van der Waals surface area (Å²) in [6, 6.07) is 20.0. The number of benzene rings is 3. The van der Waals surface area contributed by atoms with Crippen molar-refractivity contribution in [3.8, 4) is 11.5 Å². The number of morpholine rings is 1. The lowest BCUT2D eigenvalue weighted by molar-refractivity contribution is -0.0328. The van der Waals surface area contributed by atoms with Crippen LogP contribution in [0.4, 0.5) is 29.3 Å². The number of aromatic amines is 1. The van der Waals surface area contributed by atoms with Crippen LogP contribution in [0.15, 0.2) is 101 Å². The first-order valence-electron chi connectivity index (χ1n) is 26.2. The maximum Gasteiger partial charge on any atom is 0.446 e. The Morgan fingerprint density at radius 1 is 0.883 bits per heavy atom. The minimum absolute atomic E-state index is 0.0670. The molecule has 0 bridgehead atoms. The Hall–Kier alpha value is -5.55. The highest BCUT2D eigenvalue weighted by atomic mass is 35.5. The van der Waals surface area contributed by atoms with Crippen LogP contribution in [0, 0.1) is 5.92 Å². The molecule has 3 N–H and O–H groups in total. The number of aromatic nitrogens is 2. The normalized spacial score (nSPS) is 18.0. The van der Waals surface area contributed by atoms with E-state index in [0.717, 1.165) is 101 Å². The molecule has 4 aliphatic heterocycles. The van der Waals surface area contributed by atoms with Crippen LogP contribution in [-0.4, -0.2) is 166 Å². The van der Waals surface area contributed by atoms with Gasteiger partial charge in [0.05, 0.1) is 29.9 Å². The fraction of sp³-hybridized carbons (Fsp3) is 0.473. The minimum Gasteiger partial charge on any atom is -0.455 e. The van der Waals surface area contributed by atoms with E-state index in [1.54, 1.807) is 24.4 Å². The molecule has 16 nitrogen and oxygen atoms in total. The molecule has 3 fully saturated rings. The van der Waals surface area contributed by atoms with E-state index in [1.807, 2.05) is 43.9 Å². The van der Waals surface area contributed by atoms with Gasteiger partial charge in [-0.15, -0.1) is 0 Å². The zero-order valence-electron chi connectivity index (χ0n) is 43.7. The number of amides is 2. The molecular weight excluding hydrogens is 1060 g/mol. The van der Waals surface area contributed by atoms with Gasteiger partial charge in [-0.2, -0.15) is 13.2 Å². The number of carbonyl (C=O) groups excluding carboxylic acids is 2. The van der Waals surface area contributed by atoms with Crippen molar-refractivity contribution in [2.75, 3.05) is 115 Å². The molecule has 9 rings (SSSR count). The van der Waals surface area contributed by atoms with Gasteiger partial charge in [0.15, 0.2) is 0 Å². The summed E-state index contributed by atoms with van der Waals surface area (Å²) in [7, 11) is -4.69. The number of ether oxygens (including phenoxy) is 3. The first kappa shape index (κ1) is 56.2. The van der Waals surface area contributed by atoms with Crippen molar-refractivity contribution in [1.82, 2.24) is 34.3 Å². The second-order valence-electron chi connectivity index (χ2n) is 21.0. The number of rotatable bonds is 17. The third-order valence-electron chi connectivity index (χ3n) is 14.3. The number of likely N-dealkylation sites (tertiary alicyclic amines) is 1. The fourth-order valence-corrected chi connectivity index (χ4v) is 12.1. The van der Waals surface area contributed by atoms with Gasteiger partial charge in [0.1, 0.15) is 22.7 Å². The number of halogens is 4. The number of nitrogens with zero attached hydrogens (tertiary/aromatic N) is 6. The number of sulfonamides is 1. The predicted octanol–water partition coefficient (Wildman–Crippen LogP) is 9.80. The van der Waals surface area contributed by atoms with Crippen molar-refractivity contribution >= 4 is 73.4 Å². The van der Waals surface area contributed by atoms with Crippen molar-refractivity contribution in [2.24, 2.45) is 5.92 Å². The standard InChI is InChI=1S/C55H67ClF3N9O7S2/c1-54(2,3)75-53(70)68-21-14-38(15-22-68)35-66-20-16-41(47(37-66)39-5-7-42(56)8-6-39)36-65-23-25-67(26-24-65)43-9-11-46(49(32-43)74-44-31-40-13-18-61-51(40)62-34-44)52(69)63-77(71,72)45-10-12-48(50(33-45)76-55(57,58)59)60-17-4-19-64-27-29-73-30-28-64/h5-13,18,31-34,38,60H,4,14-17,19-30,35-37H2,1-3H3,(H,61,62)(H,63,69). The summed E-state index contributed by atoms with van der Waals surface area (Å²) in [5, 5.41) is 4.47. The van der Waals surface area contributed by atoms with E-state index in [0.29, 0.717) is 74.7 Å². The zero-order chi connectivity index (χ0) is 54.3. The third kappa shape index (κ3) is 15.4. The lowest BCUT2D eigenvalue weighted by Crippen LogP contribution is -2.48. The number of nitrogens with one attached hydrogen (secondary N) is 3. The molecule has 2 amide bonds. The Labute approximate surface area is 457 Å². The largest absolute Gasteiger partial charge is 0.455 e. The number of H-pyrrole nitrogens is 1. The topological polar surface area (TPSA) is 165 Å². The number of alkyl halides is 3. The van der Waals surface area contributed by atoms with Gasteiger partial charge in [-0.05, 0) is 142 Å². The van der Waals surface area contributed by atoms with Gasteiger partial charge in [-0.25, -0.2) is 22.9 Å². The van der Waals surface area contributed by atoms with Gasteiger partial charge in [-0.1, -0.05) is 23.7 Å². The van der Waals surface area contributed by atoms with E-state index < -0.39 is 43.7 Å². The molecule has 0 saturated carbocycles. The predicted molar refractivity (Wildman–Crippen MR) is 295 cm³/mol. The lowest BCUT2D eigenvalue weighted by Gasteiger charge is -2.40. The van der Waals surface area contributed by atoms with E-state index in [1.165, 1.54) is 35.5 Å². The van der Waals surface area contributed by atoms with Crippen molar-refractivity contribution in [3.63, 3.8) is 0 Å². The SMILES string of the molecule is CC(C)(C)OC(=O)N1CCC(CN2CCC(CN3CCN(c4ccc(C(=O)NS(=O)(=O)c5ccc(NCCCN6CCOCC6)c(SC(F)(F)F)c5)c(Oc5cnc6[nH]ccc6c5)c4)CC3)=C(c3ccc(Cl)cc3)C2)CC1. The first-order chi connectivity index (χ1) is 36.8. The summed E-state index contributed by atoms with van der Waals surface area (Å²) in [6.45, 7) is 17.3. The lowest BCUT2D eigenvalue weighted by atomic mass is 9.91. The summed E-state index contributed by atoms with van der Waals surface area (Å²) in [6.07, 6.45) is 6.42. The van der Waals surface area contributed by atoms with Crippen molar-refractivity contribution < 1.29 is 45.4 Å². The monoisotopic (exact) mass is 1120 g/mol. The van der Waals surface area contributed by atoms with Gasteiger partial charge < -0.3 is 34.3 Å². The highest BCUT2D eigenvalue weighted by Gasteiger charge is 2.33. The molecule has 6 heterocycles. The van der Waals surface area contributed by atoms with E-state index in [2.05, 4.69) is 51.7 Å². The van der Waals surface area contributed by atoms with Gasteiger partial charge in [0.25, 0.3) is 15.9 Å². The number of pyridine rings is 1. The molecule has 0 spiro atoms. The number of piperazine rings is 1. The highest BCUT2D eigenvalue weighted by Crippen LogP contribution is 2.42. The van der Waals surface area contributed by atoms with E-state index in [9.17, 15) is 31.2 Å². The molecule has 0 radical (unpaired) electrons. The average molecular weight is 1120 g/mol. The molecular formula is C55H67ClF3N9O7S2. The molecule has 0 atom stereocenters. The van der Waals surface area contributed by atoms with Gasteiger partial charge in [0.2, 0.25) is 0 Å². The van der Waals surface area contributed by atoms with Crippen LogP contribution < -0.4 is 19.7 Å². The maximum absolute atomic E-state index is 14.1. The molecule has 3 aromatic carbocycles. The Bertz CT molecular complexity index is 3010. The summed E-state index contributed by atoms with van der Waals surface area (Å²) in [4.78, 5) is 44.7. The second kappa shape index (κ2) is 24.6. The van der Waals surface area contributed by atoms with Crippen LogP contribution in [0.5, 0.6) is 11.5 Å². The summed E-state index contributed by atoms with van der Waals surface area (Å²) >= 11 is 5.93. The molecule has 77 heavy (non-hydrogen) atoms. The minimum atomic E-state index is -4.71. The molecule has 22 heteroatoms. The fourth-order valence-electron chi connectivity index (χ4n) is 10.3. The molecule has 3 saturated heterocycles. The van der Waals surface area contributed by atoms with E-state index in [-0.39, 0.29) is 28.0 Å². The number of carbonyl (C=O) groups is 2. The Morgan fingerprint density at radius 3 is 2.36 bits per heavy atom. The third-order valence-corrected chi connectivity index (χ3v) is 16.6. The van der Waals surface area contributed by atoms with Gasteiger partial charge in [-0.3, -0.25) is 19.5 Å². The van der Waals surface area contributed by atoms with Gasteiger partial charge in [0, 0.05) is 124 Å². The van der Waals surface area contributed by atoms with Gasteiger partial charge >= 0.3 is 11.6 Å². The quantitative estimate of drug-likeness (QED) is 0.0595. The first-order valence-corrected chi connectivity index (χ1v) is 28.9. The number of fused-ring (bicyclic) bond motifs is 1. The zero-order valence-corrected chi connectivity index (χ0v) is 46.1. The maximum atomic E-state index is 14.1. The number of piperidine rings is 1. The summed E-state index contributed by atoms with van der Waals surface area (Å²) in [5.41, 5.74) is 0.0276. The van der Waals surface area contributed by atoms with Crippen LogP contribution >= 0.6 is 23.4 Å². The molecule has 0 aliphatic carbocycles. The Balaban J connectivity index is 0.874. The summed E-state index contributed by atoms with van der Waals surface area (Å²) < 4.78 is 88.7. The second-order valence-corrected chi connectivity index (χ2v) is 24.2. The molecule has 2 aromatic heterocycles. The van der Waals surface area contributed by atoms with E-state index >= 15 is 0 Å². The van der Waals surface area contributed by atoms with Crippen LogP contribution in [0.1, 0.15) is 62.4 Å². The summed E-state index contributed by atoms with van der Waals surface area (Å²) in [5.74, 6) is -0.178. The molecule has 0 unspecified atom stereocenters. The Kier molecular flexibility index (Phi) is 18.0. The molecule has 5 aromatic rings. The molecule has 4 aliphatic rings. The van der Waals surface area contributed by atoms with Crippen LogP contribution in [0.25, 0.3) is 16.6 Å². The number of anilines is 2. The van der Waals surface area contributed by atoms with Crippen molar-refractivity contribution in [3.05, 3.63) is 107 Å². The number of hydrogen-bond donors (Lipinski definition) is 3. The van der Waals surface area contributed by atoms with Crippen molar-refractivity contribution in [2.45, 2.75) is 67.4 Å².